The number of fused-ring (bicyclic) bond motifs is 4. The number of hydrogen-bond donors (Lipinski definition) is 6. The lowest BCUT2D eigenvalue weighted by atomic mass is 9.83. The summed E-state index contributed by atoms with van der Waals surface area (Å²) < 4.78 is 0. The van der Waals surface area contributed by atoms with Crippen molar-refractivity contribution in [3.8, 4) is 0 Å². The van der Waals surface area contributed by atoms with Crippen LogP contribution in [0.1, 0.15) is 123 Å². The van der Waals surface area contributed by atoms with Gasteiger partial charge in [0.2, 0.25) is 17.7 Å². The van der Waals surface area contributed by atoms with E-state index in [0.29, 0.717) is 12.2 Å². The average molecular weight is 821 g/mol. The Balaban J connectivity index is 0. The topological polar surface area (TPSA) is 167 Å². The van der Waals surface area contributed by atoms with Crippen LogP contribution in [0.5, 0.6) is 0 Å². The second kappa shape index (κ2) is 28.3. The van der Waals surface area contributed by atoms with E-state index < -0.39 is 12.0 Å². The minimum Gasteiger partial charge on any atom is -0.481 e. The van der Waals surface area contributed by atoms with Gasteiger partial charge in [0.1, 0.15) is 6.04 Å². The molecule has 1 aliphatic carbocycles. The average Bonchev–Trinajstić information content (AvgIpc) is 3.54. The lowest BCUT2D eigenvalue weighted by Crippen LogP contribution is -2.45. The van der Waals surface area contributed by atoms with E-state index in [1.165, 1.54) is 88.8 Å². The first kappa shape index (κ1) is 55.0. The van der Waals surface area contributed by atoms with Gasteiger partial charge < -0.3 is 31.7 Å². The first-order valence-corrected chi connectivity index (χ1v) is 20.8. The molecule has 322 valence electrons. The fraction of sp³-hybridized carbons (Fsp3) is 0.457. The number of primary amides is 1. The Morgan fingerprint density at radius 2 is 1.55 bits per heavy atom. The largest absolute Gasteiger partial charge is 0.481 e. The molecule has 3 aliphatic rings. The zero-order valence-corrected chi connectivity index (χ0v) is 38.6. The monoisotopic (exact) mass is 821 g/mol. The molecule has 0 radical (unpaired) electrons. The lowest BCUT2D eigenvalue weighted by Gasteiger charge is -2.28. The molecule has 11 nitrogen and oxygen atoms in total. The molecule has 6 N–H and O–H groups in total. The van der Waals surface area contributed by atoms with Gasteiger partial charge in [0, 0.05) is 48.8 Å². The number of allylic oxidation sites excluding steroid dienone is 6. The SMILES string of the molecule is C=C/C=C(\C)NC(=C)CNC(=O)C(C)NC(C)=O.C=C1C(C)=C(CC)C=C2c3nc4cc(C)c(C)c5c4c(c3CN12)CCC5.CC.CC.CC(=O)O.CC(N)=O.CS. The highest BCUT2D eigenvalue weighted by Gasteiger charge is 2.34. The van der Waals surface area contributed by atoms with Crippen molar-refractivity contribution in [3.63, 3.8) is 0 Å². The highest BCUT2D eigenvalue weighted by Crippen LogP contribution is 2.46. The summed E-state index contributed by atoms with van der Waals surface area (Å²) in [5.41, 5.74) is 20.9. The Hall–Kier alpha value is -5.10. The fourth-order valence-corrected chi connectivity index (χ4v) is 6.33. The molecule has 3 amide bonds. The van der Waals surface area contributed by atoms with Crippen LogP contribution in [-0.4, -0.2) is 57.5 Å². The molecule has 0 fully saturated rings. The Bertz CT molecular complexity index is 1860. The van der Waals surface area contributed by atoms with E-state index >= 15 is 0 Å². The molecule has 0 spiro atoms. The summed E-state index contributed by atoms with van der Waals surface area (Å²) >= 11 is 3.53. The van der Waals surface area contributed by atoms with Crippen LogP contribution in [-0.2, 0) is 38.6 Å². The first-order chi connectivity index (χ1) is 27.3. The maximum atomic E-state index is 11.6. The van der Waals surface area contributed by atoms with Gasteiger partial charge in [-0.15, -0.1) is 0 Å². The summed E-state index contributed by atoms with van der Waals surface area (Å²) in [6, 6.07) is 1.74. The number of hydrogen-bond acceptors (Lipinski definition) is 8. The summed E-state index contributed by atoms with van der Waals surface area (Å²) in [5, 5.41) is 17.0. The van der Waals surface area contributed by atoms with Gasteiger partial charge in [0.15, 0.2) is 0 Å². The van der Waals surface area contributed by atoms with Crippen LogP contribution in [0, 0.1) is 13.8 Å². The van der Waals surface area contributed by atoms with Gasteiger partial charge in [-0.1, -0.05) is 60.4 Å². The van der Waals surface area contributed by atoms with E-state index in [1.807, 2.05) is 34.6 Å². The number of carboxylic acids is 1. The molecule has 0 saturated carbocycles. The maximum Gasteiger partial charge on any atom is 0.300 e. The summed E-state index contributed by atoms with van der Waals surface area (Å²) in [4.78, 5) is 48.2. The summed E-state index contributed by atoms with van der Waals surface area (Å²) in [7, 11) is 0. The van der Waals surface area contributed by atoms with Crippen LogP contribution in [0.2, 0.25) is 0 Å². The molecule has 1 unspecified atom stereocenters. The van der Waals surface area contributed by atoms with Gasteiger partial charge in [0.05, 0.1) is 30.0 Å². The van der Waals surface area contributed by atoms with Crippen LogP contribution >= 0.6 is 12.6 Å². The molecule has 0 bridgehead atoms. The predicted octanol–water partition coefficient (Wildman–Crippen LogP) is 8.75. The van der Waals surface area contributed by atoms with Crippen LogP contribution in [0.25, 0.3) is 16.6 Å². The first-order valence-electron chi connectivity index (χ1n) is 19.9. The van der Waals surface area contributed by atoms with Crippen LogP contribution in [0.3, 0.4) is 0 Å². The third-order valence-electron chi connectivity index (χ3n) is 8.81. The van der Waals surface area contributed by atoms with E-state index in [9.17, 15) is 14.4 Å². The van der Waals surface area contributed by atoms with Crippen molar-refractivity contribution in [3.05, 3.63) is 106 Å². The zero-order valence-electron chi connectivity index (χ0n) is 37.7. The van der Waals surface area contributed by atoms with Crippen LogP contribution in [0.15, 0.2) is 72.3 Å². The fourth-order valence-electron chi connectivity index (χ4n) is 6.33. The Labute approximate surface area is 354 Å². The molecule has 1 atom stereocenters. The number of thiol groups is 1. The van der Waals surface area contributed by atoms with Crippen molar-refractivity contribution in [2.24, 2.45) is 5.73 Å². The molecule has 1 aromatic carbocycles. The highest BCUT2D eigenvalue weighted by molar-refractivity contribution is 7.79. The number of nitrogens with one attached hydrogen (secondary N) is 3. The van der Waals surface area contributed by atoms with Crippen molar-refractivity contribution in [2.45, 2.75) is 128 Å². The highest BCUT2D eigenvalue weighted by atomic mass is 32.1. The van der Waals surface area contributed by atoms with Crippen molar-refractivity contribution < 1.29 is 24.3 Å². The molecule has 5 rings (SSSR count). The number of pyridine rings is 1. The molecule has 3 heterocycles. The number of amides is 3. The molecular formula is C46H72N6O5S. The molecule has 2 aliphatic heterocycles. The second-order valence-corrected chi connectivity index (χ2v) is 13.1. The molecule has 1 aromatic heterocycles. The van der Waals surface area contributed by atoms with Gasteiger partial charge in [-0.05, 0) is 118 Å². The number of benzene rings is 1. The Morgan fingerprint density at radius 1 is 1.02 bits per heavy atom. The lowest BCUT2D eigenvalue weighted by molar-refractivity contribution is -0.134. The van der Waals surface area contributed by atoms with Crippen molar-refractivity contribution >= 4 is 52.9 Å². The normalized spacial score (nSPS) is 13.2. The third kappa shape index (κ3) is 16.8. The number of rotatable bonds is 8. The summed E-state index contributed by atoms with van der Waals surface area (Å²) in [5.74, 6) is -1.65. The Kier molecular flexibility index (Phi) is 26.9. The smallest absolute Gasteiger partial charge is 0.300 e. The number of carbonyl (C=O) groups excluding carboxylic acids is 3. The van der Waals surface area contributed by atoms with Crippen molar-refractivity contribution in [1.82, 2.24) is 25.8 Å². The number of aryl methyl sites for hydroxylation is 3. The summed E-state index contributed by atoms with van der Waals surface area (Å²) in [6.45, 7) is 37.2. The van der Waals surface area contributed by atoms with E-state index in [1.54, 1.807) is 30.9 Å². The standard InChI is InChI=1S/C24H26N2.C13H21N3O2.C2H5NO.C2H4O2.2C2H6.CH4S/c1-6-17-11-22-24-20(12-26(22)16(5)15(17)4)19-9-7-8-18-14(3)13(2)10-21(25-24)23(18)19;1-6-7-9(2)15-10(3)8-14-13(18)11(4)16-12(5)17;2*1-2(3)4;3*1-2/h10-11H,5-9,12H2,1-4H3;6-7,11,15H,1,3,8H2,2,4-5H3,(H,14,18)(H,16,17);1H3,(H2,3,4);1H3,(H,3,4);2*1-2H3;2H,1H3/b;9-7+;;;;;. The van der Waals surface area contributed by atoms with Gasteiger partial charge in [-0.2, -0.15) is 12.6 Å². The van der Waals surface area contributed by atoms with Crippen molar-refractivity contribution in [1.29, 1.82) is 0 Å². The zero-order chi connectivity index (χ0) is 45.4. The quantitative estimate of drug-likeness (QED) is 0.114. The minimum absolute atomic E-state index is 0.237. The van der Waals surface area contributed by atoms with Crippen molar-refractivity contribution in [2.75, 3.05) is 12.8 Å². The number of nitrogens with zero attached hydrogens (tertiary/aromatic N) is 2. The number of carboxylic acid groups (broad SMARTS) is 1. The van der Waals surface area contributed by atoms with Crippen LogP contribution in [0.4, 0.5) is 0 Å². The number of nitrogens with two attached hydrogens (primary N) is 1. The van der Waals surface area contributed by atoms with Crippen LogP contribution < -0.4 is 21.7 Å². The number of carbonyl (C=O) groups is 4. The van der Waals surface area contributed by atoms with E-state index in [2.05, 4.69) is 98.8 Å². The molecular weight excluding hydrogens is 749 g/mol. The number of aromatic nitrogens is 1. The molecule has 58 heavy (non-hydrogen) atoms. The summed E-state index contributed by atoms with van der Waals surface area (Å²) in [6.07, 6.45) is 12.2. The van der Waals surface area contributed by atoms with Gasteiger partial charge in [0.25, 0.3) is 5.97 Å². The second-order valence-electron chi connectivity index (χ2n) is 13.1. The predicted molar refractivity (Wildman–Crippen MR) is 247 cm³/mol. The maximum absolute atomic E-state index is 11.6. The van der Waals surface area contributed by atoms with E-state index in [-0.39, 0.29) is 17.7 Å². The molecule has 0 saturated heterocycles. The minimum atomic E-state index is -0.833. The Morgan fingerprint density at radius 3 is 2.05 bits per heavy atom. The van der Waals surface area contributed by atoms with Gasteiger partial charge >= 0.3 is 0 Å². The number of aliphatic carboxylic acids is 1. The third-order valence-corrected chi connectivity index (χ3v) is 8.81. The molecule has 12 heteroatoms. The van der Waals surface area contributed by atoms with E-state index in [0.717, 1.165) is 31.3 Å². The van der Waals surface area contributed by atoms with Gasteiger partial charge in [-0.25, -0.2) is 4.98 Å². The van der Waals surface area contributed by atoms with E-state index in [4.69, 9.17) is 14.9 Å². The van der Waals surface area contributed by atoms with Gasteiger partial charge in [-0.3, -0.25) is 19.2 Å². The molecule has 2 aromatic rings.